The molecule has 0 unspecified atom stereocenters. The molecule has 1 saturated heterocycles. The first-order valence-electron chi connectivity index (χ1n) is 7.37. The van der Waals surface area contributed by atoms with Gasteiger partial charge >= 0.3 is 0 Å². The zero-order chi connectivity index (χ0) is 16.1. The highest BCUT2D eigenvalue weighted by Gasteiger charge is 2.24. The van der Waals surface area contributed by atoms with E-state index >= 15 is 0 Å². The Balaban J connectivity index is 1.87. The fraction of sp³-hybridized carbons (Fsp3) is 0.562. The van der Waals surface area contributed by atoms with E-state index in [0.29, 0.717) is 22.9 Å². The number of hydrogen-bond donors (Lipinski definition) is 1. The molecule has 1 aromatic rings. The molecule has 1 N–H and O–H groups in total. The van der Waals surface area contributed by atoms with Gasteiger partial charge in [-0.2, -0.15) is 5.26 Å². The number of aliphatic hydroxyl groups excluding tert-OH is 1. The fourth-order valence-electron chi connectivity index (χ4n) is 2.70. The van der Waals surface area contributed by atoms with Crippen LogP contribution < -0.4 is 4.74 Å². The second kappa shape index (κ2) is 7.80. The highest BCUT2D eigenvalue weighted by atomic mass is 35.5. The summed E-state index contributed by atoms with van der Waals surface area (Å²) >= 11 is 5.95. The third-order valence-corrected chi connectivity index (χ3v) is 3.80. The molecule has 0 aliphatic carbocycles. The van der Waals surface area contributed by atoms with Gasteiger partial charge in [0, 0.05) is 19.6 Å². The summed E-state index contributed by atoms with van der Waals surface area (Å²) in [6, 6.07) is 7.05. The van der Waals surface area contributed by atoms with Gasteiger partial charge in [-0.25, -0.2) is 0 Å². The van der Waals surface area contributed by atoms with Gasteiger partial charge in [0.2, 0.25) is 0 Å². The monoisotopic (exact) mass is 324 g/mol. The summed E-state index contributed by atoms with van der Waals surface area (Å²) in [5, 5.41) is 19.6. The number of ether oxygens (including phenoxy) is 2. The summed E-state index contributed by atoms with van der Waals surface area (Å²) in [6.07, 6.45) is -0.312. The SMILES string of the molecule is C[C@@H]1CN(C[C@H](O)COc2cccc(Cl)c2C#N)C[C@H](C)O1. The highest BCUT2D eigenvalue weighted by molar-refractivity contribution is 6.31. The average molecular weight is 325 g/mol. The molecule has 1 aromatic carbocycles. The van der Waals surface area contributed by atoms with Crippen molar-refractivity contribution in [1.82, 2.24) is 4.90 Å². The van der Waals surface area contributed by atoms with E-state index in [0.717, 1.165) is 13.1 Å². The van der Waals surface area contributed by atoms with Crippen molar-refractivity contribution in [3.05, 3.63) is 28.8 Å². The Bertz CT molecular complexity index is 537. The van der Waals surface area contributed by atoms with E-state index in [1.54, 1.807) is 18.2 Å². The number of hydrogen-bond acceptors (Lipinski definition) is 5. The van der Waals surface area contributed by atoms with Gasteiger partial charge in [-0.05, 0) is 26.0 Å². The van der Waals surface area contributed by atoms with Crippen LogP contribution in [0.5, 0.6) is 5.75 Å². The van der Waals surface area contributed by atoms with Crippen LogP contribution in [-0.4, -0.2) is 54.6 Å². The predicted molar refractivity (Wildman–Crippen MR) is 84.1 cm³/mol. The molecule has 1 fully saturated rings. The number of halogens is 1. The van der Waals surface area contributed by atoms with Crippen LogP contribution in [0.3, 0.4) is 0 Å². The van der Waals surface area contributed by atoms with Gasteiger partial charge in [-0.3, -0.25) is 4.90 Å². The molecule has 1 aliphatic rings. The third-order valence-electron chi connectivity index (χ3n) is 3.48. The summed E-state index contributed by atoms with van der Waals surface area (Å²) in [6.45, 7) is 6.27. The molecule has 3 atom stereocenters. The molecule has 0 bridgehead atoms. The van der Waals surface area contributed by atoms with Crippen molar-refractivity contribution < 1.29 is 14.6 Å². The van der Waals surface area contributed by atoms with E-state index in [9.17, 15) is 5.11 Å². The minimum Gasteiger partial charge on any atom is -0.489 e. The number of morpholine rings is 1. The first kappa shape index (κ1) is 17.0. The van der Waals surface area contributed by atoms with Crippen LogP contribution in [0.25, 0.3) is 0 Å². The lowest BCUT2D eigenvalue weighted by Gasteiger charge is -2.36. The molecule has 1 heterocycles. The van der Waals surface area contributed by atoms with E-state index in [1.807, 2.05) is 19.9 Å². The Hall–Kier alpha value is -1.32. The van der Waals surface area contributed by atoms with Crippen molar-refractivity contribution in [2.45, 2.75) is 32.2 Å². The average Bonchev–Trinajstić information content (AvgIpc) is 2.44. The summed E-state index contributed by atoms with van der Waals surface area (Å²) in [5.74, 6) is 0.401. The van der Waals surface area contributed by atoms with Crippen LogP contribution in [0.4, 0.5) is 0 Å². The summed E-state index contributed by atoms with van der Waals surface area (Å²) < 4.78 is 11.2. The number of benzene rings is 1. The predicted octanol–water partition coefficient (Wildman–Crippen LogP) is 2.06. The molecule has 6 heteroatoms. The second-order valence-electron chi connectivity index (χ2n) is 5.67. The lowest BCUT2D eigenvalue weighted by Crippen LogP contribution is -2.48. The van der Waals surface area contributed by atoms with Crippen molar-refractivity contribution in [1.29, 1.82) is 5.26 Å². The second-order valence-corrected chi connectivity index (χ2v) is 6.07. The van der Waals surface area contributed by atoms with Crippen molar-refractivity contribution in [2.75, 3.05) is 26.2 Å². The molecule has 1 aliphatic heterocycles. The lowest BCUT2D eigenvalue weighted by atomic mass is 10.2. The Kier molecular flexibility index (Phi) is 6.04. The maximum absolute atomic E-state index is 10.1. The van der Waals surface area contributed by atoms with Gasteiger partial charge in [0.1, 0.15) is 30.1 Å². The Morgan fingerprint density at radius 2 is 2.14 bits per heavy atom. The lowest BCUT2D eigenvalue weighted by molar-refractivity contribution is -0.0786. The molecule has 22 heavy (non-hydrogen) atoms. The first-order valence-corrected chi connectivity index (χ1v) is 7.74. The van der Waals surface area contributed by atoms with Crippen molar-refractivity contribution >= 4 is 11.6 Å². The Morgan fingerprint density at radius 1 is 1.45 bits per heavy atom. The molecule has 0 amide bonds. The molecule has 0 saturated carbocycles. The van der Waals surface area contributed by atoms with Crippen LogP contribution in [0.2, 0.25) is 5.02 Å². The zero-order valence-corrected chi connectivity index (χ0v) is 13.6. The number of aliphatic hydroxyl groups is 1. The zero-order valence-electron chi connectivity index (χ0n) is 12.8. The summed E-state index contributed by atoms with van der Waals surface area (Å²) in [5.41, 5.74) is 0.296. The van der Waals surface area contributed by atoms with Crippen LogP contribution in [-0.2, 0) is 4.74 Å². The van der Waals surface area contributed by atoms with Crippen molar-refractivity contribution in [2.24, 2.45) is 0 Å². The van der Waals surface area contributed by atoms with Gasteiger partial charge in [0.25, 0.3) is 0 Å². The minimum atomic E-state index is -0.636. The number of nitrogens with zero attached hydrogens (tertiary/aromatic N) is 2. The smallest absolute Gasteiger partial charge is 0.138 e. The largest absolute Gasteiger partial charge is 0.489 e. The number of nitriles is 1. The van der Waals surface area contributed by atoms with Gasteiger partial charge < -0.3 is 14.6 Å². The number of rotatable bonds is 5. The van der Waals surface area contributed by atoms with E-state index in [2.05, 4.69) is 4.90 Å². The molecule has 2 rings (SSSR count). The third kappa shape index (κ3) is 4.59. The topological polar surface area (TPSA) is 65.7 Å². The minimum absolute atomic E-state index is 0.120. The van der Waals surface area contributed by atoms with Crippen molar-refractivity contribution in [3.8, 4) is 11.8 Å². The molecule has 5 nitrogen and oxygen atoms in total. The molecule has 0 spiro atoms. The molecular formula is C16H21ClN2O3. The van der Waals surface area contributed by atoms with Crippen LogP contribution in [0, 0.1) is 11.3 Å². The van der Waals surface area contributed by atoms with Crippen LogP contribution in [0.15, 0.2) is 18.2 Å². The quantitative estimate of drug-likeness (QED) is 0.898. The van der Waals surface area contributed by atoms with Gasteiger partial charge in [0.05, 0.1) is 17.2 Å². The molecule has 0 aromatic heterocycles. The van der Waals surface area contributed by atoms with E-state index in [4.69, 9.17) is 26.3 Å². The van der Waals surface area contributed by atoms with Crippen LogP contribution in [0.1, 0.15) is 19.4 Å². The summed E-state index contributed by atoms with van der Waals surface area (Å²) in [7, 11) is 0. The standard InChI is InChI=1S/C16H21ClN2O3/c1-11-7-19(8-12(2)22-11)9-13(20)10-21-16-5-3-4-15(17)14(16)6-18/h3-5,11-13,20H,7-10H2,1-2H3/t11-,12+,13-/m0/s1. The molecular weight excluding hydrogens is 304 g/mol. The molecule has 0 radical (unpaired) electrons. The maximum atomic E-state index is 10.1. The fourth-order valence-corrected chi connectivity index (χ4v) is 2.91. The Morgan fingerprint density at radius 3 is 2.77 bits per heavy atom. The maximum Gasteiger partial charge on any atom is 0.138 e. The van der Waals surface area contributed by atoms with E-state index in [-0.39, 0.29) is 18.8 Å². The van der Waals surface area contributed by atoms with Gasteiger partial charge in [0.15, 0.2) is 0 Å². The highest BCUT2D eigenvalue weighted by Crippen LogP contribution is 2.25. The van der Waals surface area contributed by atoms with Gasteiger partial charge in [-0.15, -0.1) is 0 Å². The van der Waals surface area contributed by atoms with Crippen LogP contribution >= 0.6 is 11.6 Å². The Labute approximate surface area is 136 Å². The summed E-state index contributed by atoms with van der Waals surface area (Å²) in [4.78, 5) is 2.16. The normalized spacial score (nSPS) is 23.8. The van der Waals surface area contributed by atoms with Gasteiger partial charge in [-0.1, -0.05) is 17.7 Å². The molecule has 120 valence electrons. The van der Waals surface area contributed by atoms with E-state index in [1.165, 1.54) is 0 Å². The number of β-amino-alcohol motifs (C(OH)–C–C–N with tert-alkyl or cyclic N) is 1. The van der Waals surface area contributed by atoms with Crippen molar-refractivity contribution in [3.63, 3.8) is 0 Å². The first-order chi connectivity index (χ1) is 10.5. The van der Waals surface area contributed by atoms with E-state index < -0.39 is 6.10 Å².